The van der Waals surface area contributed by atoms with E-state index >= 15 is 0 Å². The molecule has 5 aromatic heterocycles. The first kappa shape index (κ1) is 96.2. The van der Waals surface area contributed by atoms with Gasteiger partial charge in [0, 0.05) is 73.4 Å². The molecular weight excluding hydrogens is 1980 g/mol. The van der Waals surface area contributed by atoms with Gasteiger partial charge in [-0.05, 0) is 237 Å². The first-order valence-electron chi connectivity index (χ1n) is 37.4. The summed E-state index contributed by atoms with van der Waals surface area (Å²) in [5.74, 6) is -4.99. The van der Waals surface area contributed by atoms with E-state index in [0.29, 0.717) is 118 Å². The number of hydrogen-bond acceptors (Lipinski definition) is 12. The molecule has 0 bridgehead atoms. The van der Waals surface area contributed by atoms with E-state index in [2.05, 4.69) is 61.6 Å². The number of carbonyl (C=O) groups is 5. The molecule has 0 saturated heterocycles. The highest BCUT2D eigenvalue weighted by Gasteiger charge is 2.71. The van der Waals surface area contributed by atoms with Crippen LogP contribution in [0, 0.1) is 6.92 Å². The molecule has 0 aliphatic carbocycles. The first-order valence-corrected chi connectivity index (χ1v) is 42.1. The minimum absolute atomic E-state index is 0.0925. The summed E-state index contributed by atoms with van der Waals surface area (Å²) in [5.41, 5.74) is -2.81. The molecule has 15 aromatic rings. The number of fused-ring (bicyclic) bond motifs is 10. The lowest BCUT2D eigenvalue weighted by molar-refractivity contribution is -0.376. The summed E-state index contributed by atoms with van der Waals surface area (Å²) < 4.78 is 88.9. The number of nitrogens with zero attached hydrogens (tertiary/aromatic N) is 5. The predicted molar refractivity (Wildman–Crippen MR) is 489 cm³/mol. The Labute approximate surface area is 762 Å². The zero-order chi connectivity index (χ0) is 93.2. The number of aliphatic carboxylic acids is 5. The van der Waals surface area contributed by atoms with E-state index in [1.54, 1.807) is 113 Å². The number of pyridine rings is 5. The number of rotatable bonds is 14. The molecule has 1 unspecified atom stereocenters. The molecule has 0 aliphatic rings. The van der Waals surface area contributed by atoms with Crippen LogP contribution in [0.4, 0.5) is 26.3 Å². The van der Waals surface area contributed by atoms with Crippen molar-refractivity contribution in [1.82, 2.24) is 22.8 Å². The van der Waals surface area contributed by atoms with E-state index in [4.69, 9.17) is 69.6 Å². The minimum atomic E-state index is -6.17. The largest absolute Gasteiger partial charge is 0.480 e. The number of aryl methyl sites for hydroxylation is 1. The normalized spacial score (nSPS) is 12.2. The average molecular weight is 2050 g/mol. The molecule has 1 atom stereocenters. The van der Waals surface area contributed by atoms with Gasteiger partial charge < -0.3 is 58.6 Å². The quantitative estimate of drug-likeness (QED) is 0.0393. The van der Waals surface area contributed by atoms with Crippen LogP contribution in [0.25, 0.3) is 109 Å². The maximum absolute atomic E-state index is 13.3. The lowest BCUT2D eigenvalue weighted by Gasteiger charge is -2.33. The smallest absolute Gasteiger partial charge is 0.430 e. The third-order valence-corrected chi connectivity index (χ3v) is 25.9. The second-order valence-corrected chi connectivity index (χ2v) is 35.1. The van der Waals surface area contributed by atoms with E-state index in [-0.39, 0.29) is 94.6 Å². The summed E-state index contributed by atoms with van der Waals surface area (Å²) in [4.78, 5) is 121. The lowest BCUT2D eigenvalue weighted by Crippen LogP contribution is -2.53. The van der Waals surface area contributed by atoms with Gasteiger partial charge in [-0.15, -0.1) is 0 Å². The molecule has 7 N–H and O–H groups in total. The Kier molecular flexibility index (Phi) is 28.3. The second-order valence-electron chi connectivity index (χ2n) is 30.3. The van der Waals surface area contributed by atoms with Gasteiger partial charge in [0.15, 0.2) is 27.1 Å². The van der Waals surface area contributed by atoms with Crippen molar-refractivity contribution < 1.29 is 86.1 Å². The highest BCUT2D eigenvalue weighted by Crippen LogP contribution is 2.51. The summed E-state index contributed by atoms with van der Waals surface area (Å²) >= 11 is 47.0. The van der Waals surface area contributed by atoms with Crippen LogP contribution in [0.5, 0.6) is 0 Å². The van der Waals surface area contributed by atoms with E-state index in [1.165, 1.54) is 28.8 Å². The third-order valence-electron chi connectivity index (χ3n) is 20.8. The number of benzene rings is 10. The Morgan fingerprint density at radius 3 is 1.07 bits per heavy atom. The van der Waals surface area contributed by atoms with Crippen molar-refractivity contribution >= 4 is 256 Å². The molecular formula is C89H68Br3Cl6F6N5O17. The monoisotopic (exact) mass is 2040 g/mol. The molecule has 0 saturated carbocycles. The molecule has 22 nitrogen and oxygen atoms in total. The van der Waals surface area contributed by atoms with Crippen molar-refractivity contribution in [3.63, 3.8) is 0 Å². The van der Waals surface area contributed by atoms with Gasteiger partial charge in [0.2, 0.25) is 0 Å². The maximum atomic E-state index is 13.3. The Morgan fingerprint density at radius 2 is 0.683 bits per heavy atom. The topological polar surface area (TPSA) is 337 Å². The fraction of sp³-hybridized carbons (Fsp3) is 0.213. The highest BCUT2D eigenvalue weighted by atomic mass is 79.9. The summed E-state index contributed by atoms with van der Waals surface area (Å²) in [6, 6.07) is 39.1. The van der Waals surface area contributed by atoms with Crippen molar-refractivity contribution in [2.45, 2.75) is 123 Å². The van der Waals surface area contributed by atoms with Crippen LogP contribution in [0.3, 0.4) is 0 Å². The Hall–Kier alpha value is -10.4. The molecule has 10 aromatic carbocycles. The molecule has 126 heavy (non-hydrogen) atoms. The number of hydrogen-bond donors (Lipinski definition) is 7. The summed E-state index contributed by atoms with van der Waals surface area (Å²) in [6.45, 7) is 13.1. The standard InChI is InChI=1S/C18H15Br2NO3.C18H15BrClNO3.C18H9Cl2F6NO4.C18H15Cl2NO4.C17H14ClNO3/c2*1-9(2)10-3-4-11-14(7-10)21(8-15(22)23)17-12(18(11)24)5-6-13(19)16(17)20;19-10-4-3-9-14(13(10)20)27(6-12(28)29)11-5-7(1-2-8(11)15(9)30)16(31,17(21,22)23)18(24,25)26;1-18(2,25)9-3-4-10-13(7-9)21(8-14(22)23)16-11(17(10)24)5-6-12(19)15(16)20;1-9-3-5-12-14(7-9)19(10(2)17(21)22)15-8-11(18)4-6-13(15)16(12)20/h2*3-7,9H,8H2,1-2H3,(H,22,23);1-5,31H,6H2,(H,28,29);3-7,25H,8H2,1-2H3,(H,22,23);3-8,10H,1-2H3,(H,21,22). The molecule has 37 heteroatoms. The Morgan fingerprint density at radius 1 is 0.373 bits per heavy atom. The SMILES string of the molecule is CC(C)(O)c1ccc2c(=O)c3ccc(Cl)c(Cl)c3n(CC(=O)O)c2c1.CC(C)c1ccc2c(=O)c3ccc(Br)c(Br)c3n(CC(=O)O)c2c1.CC(C)c1ccc2c(=O)c3ccc(Br)c(Cl)c3n(CC(=O)O)c2c1.Cc1ccc2c(=O)c3ccc(Cl)cc3n(C(C)C(=O)O)c2c1.O=C(O)Cn1c2cc(C(O)(C(F)(F)F)C(F)(F)F)ccc2c(=O)c2ccc(Cl)c(Cl)c21. The van der Waals surface area contributed by atoms with Crippen molar-refractivity contribution in [3.05, 3.63) is 280 Å². The van der Waals surface area contributed by atoms with Crippen molar-refractivity contribution in [1.29, 1.82) is 0 Å². The van der Waals surface area contributed by atoms with Gasteiger partial charge in [-0.25, -0.2) is 4.79 Å². The van der Waals surface area contributed by atoms with Crippen LogP contribution in [0.15, 0.2) is 195 Å². The zero-order valence-corrected chi connectivity index (χ0v) is 76.0. The summed E-state index contributed by atoms with van der Waals surface area (Å²) in [6.07, 6.45) is -12.3. The molecule has 0 aliphatic heterocycles. The van der Waals surface area contributed by atoms with Gasteiger partial charge in [-0.2, -0.15) is 26.3 Å². The van der Waals surface area contributed by atoms with Crippen molar-refractivity contribution in [3.8, 4) is 0 Å². The number of aromatic nitrogens is 5. The van der Waals surface area contributed by atoms with Crippen molar-refractivity contribution in [2.75, 3.05) is 0 Å². The fourth-order valence-electron chi connectivity index (χ4n) is 14.6. The number of aliphatic hydroxyl groups is 2. The summed E-state index contributed by atoms with van der Waals surface area (Å²) in [7, 11) is 0. The summed E-state index contributed by atoms with van der Waals surface area (Å²) in [5, 5.41) is 70.3. The Balaban J connectivity index is 0.000000154. The number of halogens is 15. The highest BCUT2D eigenvalue weighted by molar-refractivity contribution is 9.13. The van der Waals surface area contributed by atoms with Crippen molar-refractivity contribution in [2.24, 2.45) is 0 Å². The second kappa shape index (κ2) is 37.1. The van der Waals surface area contributed by atoms with Gasteiger partial charge in [0.05, 0.1) is 90.4 Å². The molecule has 5 heterocycles. The minimum Gasteiger partial charge on any atom is -0.480 e. The number of carboxylic acid groups (broad SMARTS) is 5. The molecule has 15 rings (SSSR count). The number of alkyl halides is 6. The molecule has 0 amide bonds. The fourth-order valence-corrected chi connectivity index (χ4v) is 17.0. The van der Waals surface area contributed by atoms with E-state index in [9.17, 15) is 110 Å². The maximum Gasteiger partial charge on any atom is 0.430 e. The van der Waals surface area contributed by atoms with Crippen LogP contribution in [-0.2, 0) is 61.4 Å². The van der Waals surface area contributed by atoms with Gasteiger partial charge in [0.1, 0.15) is 32.2 Å². The third kappa shape index (κ3) is 18.7. The van der Waals surface area contributed by atoms with E-state index < -0.39 is 89.0 Å². The lowest BCUT2D eigenvalue weighted by atomic mass is 9.91. The van der Waals surface area contributed by atoms with Gasteiger partial charge in [-0.1, -0.05) is 128 Å². The average Bonchev–Trinajstić information content (AvgIpc) is 0.706. The Bertz CT molecular complexity index is 7210. The van der Waals surface area contributed by atoms with Crippen LogP contribution in [0.2, 0.25) is 30.1 Å². The van der Waals surface area contributed by atoms with Crippen LogP contribution in [-0.4, -0.2) is 101 Å². The van der Waals surface area contributed by atoms with Crippen LogP contribution < -0.4 is 27.1 Å². The van der Waals surface area contributed by atoms with Gasteiger partial charge in [-0.3, -0.25) is 43.2 Å². The molecule has 656 valence electrons. The van der Waals surface area contributed by atoms with Crippen LogP contribution in [0.1, 0.15) is 94.2 Å². The van der Waals surface area contributed by atoms with E-state index in [0.717, 1.165) is 25.7 Å². The molecule has 0 spiro atoms. The molecule has 0 fully saturated rings. The van der Waals surface area contributed by atoms with Gasteiger partial charge in [0.25, 0.3) is 5.60 Å². The van der Waals surface area contributed by atoms with Crippen LogP contribution >= 0.6 is 117 Å². The predicted octanol–water partition coefficient (Wildman–Crippen LogP) is 22.1. The molecule has 0 radical (unpaired) electrons. The van der Waals surface area contributed by atoms with Gasteiger partial charge >= 0.3 is 42.2 Å². The first-order chi connectivity index (χ1) is 58.7. The van der Waals surface area contributed by atoms with E-state index in [1.807, 2.05) is 57.2 Å². The zero-order valence-electron chi connectivity index (χ0n) is 66.7. The number of carboxylic acids is 5.